The minimum absolute atomic E-state index is 0.236. The van der Waals surface area contributed by atoms with Gasteiger partial charge in [-0.1, -0.05) is 61.8 Å². The minimum Gasteiger partial charge on any atom is -0.366 e. The molecule has 17 heteroatoms. The van der Waals surface area contributed by atoms with Gasteiger partial charge in [0.25, 0.3) is 0 Å². The van der Waals surface area contributed by atoms with E-state index in [0.717, 1.165) is 61.1 Å². The predicted octanol–water partition coefficient (Wildman–Crippen LogP) is 9.56. The summed E-state index contributed by atoms with van der Waals surface area (Å²) < 4.78 is 4.32. The summed E-state index contributed by atoms with van der Waals surface area (Å²) in [5, 5.41) is 12.9. The number of nitrogens with one attached hydrogen (secondary N) is 1. The van der Waals surface area contributed by atoms with Crippen LogP contribution in [-0.2, 0) is 25.9 Å². The Morgan fingerprint density at radius 2 is 1.27 bits per heavy atom. The van der Waals surface area contributed by atoms with Gasteiger partial charge in [0.15, 0.2) is 9.60 Å². The van der Waals surface area contributed by atoms with Crippen molar-refractivity contribution in [3.8, 4) is 11.4 Å². The van der Waals surface area contributed by atoms with Crippen LogP contribution in [0.5, 0.6) is 0 Å². The Labute approximate surface area is 403 Å². The van der Waals surface area contributed by atoms with Crippen LogP contribution >= 0.6 is 46.3 Å². The topological polar surface area (TPSA) is 163 Å². The summed E-state index contributed by atoms with van der Waals surface area (Å²) in [6.07, 6.45) is 14.8. The average Bonchev–Trinajstić information content (AvgIpc) is 4.21. The number of thiazole rings is 2. The third-order valence-electron chi connectivity index (χ3n) is 11.3. The molecule has 2 aliphatic heterocycles. The normalized spacial score (nSPS) is 13.4. The van der Waals surface area contributed by atoms with Crippen molar-refractivity contribution in [2.75, 3.05) is 18.0 Å². The predicted molar refractivity (Wildman–Crippen MR) is 271 cm³/mol. The number of halogens is 1. The Morgan fingerprint density at radius 3 is 1.80 bits per heavy atom. The summed E-state index contributed by atoms with van der Waals surface area (Å²) in [5.74, 6) is -0.225. The summed E-state index contributed by atoms with van der Waals surface area (Å²) in [6.45, 7) is 9.70. The molecule has 0 bridgehead atoms. The fourth-order valence-corrected chi connectivity index (χ4v) is 9.69. The Kier molecular flexibility index (Phi) is 16.5. The molecule has 0 spiro atoms. The molecule has 2 aliphatic rings. The second-order valence-corrected chi connectivity index (χ2v) is 18.8. The molecular weight excluding hydrogens is 903 g/mol. The molecule has 0 radical (unpaired) electrons. The van der Waals surface area contributed by atoms with E-state index < -0.39 is 0 Å². The van der Waals surface area contributed by atoms with Crippen molar-refractivity contribution < 1.29 is 9.59 Å². The van der Waals surface area contributed by atoms with E-state index in [2.05, 4.69) is 87.7 Å². The van der Waals surface area contributed by atoms with Crippen LogP contribution in [0.1, 0.15) is 89.5 Å². The van der Waals surface area contributed by atoms with Crippen LogP contribution in [0.2, 0.25) is 11.3 Å². The van der Waals surface area contributed by atoms with Gasteiger partial charge in [-0.15, -0.1) is 22.7 Å². The van der Waals surface area contributed by atoms with Crippen LogP contribution in [0, 0.1) is 0 Å². The first-order valence-corrected chi connectivity index (χ1v) is 23.9. The first-order valence-electron chi connectivity index (χ1n) is 21.5. The van der Waals surface area contributed by atoms with Gasteiger partial charge in [0.2, 0.25) is 11.8 Å². The number of hydrogen-bond donors (Lipinski definition) is 3. The second kappa shape index (κ2) is 22.8. The maximum atomic E-state index is 11.5. The van der Waals surface area contributed by atoms with Gasteiger partial charge in [0, 0.05) is 89.5 Å². The fourth-order valence-electron chi connectivity index (χ4n) is 7.64. The van der Waals surface area contributed by atoms with E-state index in [1.165, 1.54) is 48.9 Å². The van der Waals surface area contributed by atoms with Crippen molar-refractivity contribution in [3.63, 3.8) is 0 Å². The molecule has 2 amide bonds. The standard InChI is InChI=1S/C24H23N5OS.C14H12ClN3S.C10H12N2O.CH3BS/c1-16(18-4-2-5-21(13-18)29-10-3-9-27-29)22-14-26-24(31-22)28-11-8-17-6-7-19(23(25)30)12-20(17)15-28;1-10(13-9-16-14(15)19-13)11-4-2-5-12(8-11)18-7-3-6-17-18;11-10(13)8-2-1-7-3-4-12-6-9(7)5-8;1-2-3/h2-7,9-10,12-14,16H,8,11,15H2,1H3,(H2,25,30);2-10H,1H3;1-2,5,12H,3-4,6H2,(H2,11,13);1H3. The molecular formula is C49H50BClN10O2S3. The van der Waals surface area contributed by atoms with Crippen molar-refractivity contribution >= 4 is 69.4 Å². The van der Waals surface area contributed by atoms with Crippen LogP contribution in [0.25, 0.3) is 11.4 Å². The van der Waals surface area contributed by atoms with Gasteiger partial charge in [0.1, 0.15) is 0 Å². The number of rotatable bonds is 9. The number of fused-ring (bicyclic) bond motifs is 2. The van der Waals surface area contributed by atoms with E-state index in [-0.39, 0.29) is 23.7 Å². The summed E-state index contributed by atoms with van der Waals surface area (Å²) >= 11 is 13.4. The molecule has 336 valence electrons. The molecule has 0 saturated carbocycles. The number of primary amides is 2. The van der Waals surface area contributed by atoms with Gasteiger partial charge < -0.3 is 21.7 Å². The van der Waals surface area contributed by atoms with Crippen LogP contribution < -0.4 is 21.7 Å². The second-order valence-electron chi connectivity index (χ2n) is 15.6. The Bertz CT molecular complexity index is 2880. The number of anilines is 1. The number of aromatic nitrogens is 6. The fraction of sp³-hybridized carbons (Fsp3) is 0.224. The molecule has 12 nitrogen and oxygen atoms in total. The van der Waals surface area contributed by atoms with Gasteiger partial charge in [-0.25, -0.2) is 19.3 Å². The van der Waals surface area contributed by atoms with Gasteiger partial charge in [-0.3, -0.25) is 9.59 Å². The third kappa shape index (κ3) is 12.2. The number of carbonyl (C=O) groups is 2. The molecule has 4 aromatic carbocycles. The molecule has 66 heavy (non-hydrogen) atoms. The molecule has 4 aromatic heterocycles. The monoisotopic (exact) mass is 952 g/mol. The zero-order valence-electron chi connectivity index (χ0n) is 36.9. The van der Waals surface area contributed by atoms with E-state index in [1.54, 1.807) is 36.0 Å². The summed E-state index contributed by atoms with van der Waals surface area (Å²) in [7, 11) is 0. The molecule has 8 aromatic rings. The number of hydrogen-bond acceptors (Lipinski definition) is 11. The summed E-state index contributed by atoms with van der Waals surface area (Å²) in [6, 6.07) is 32.1. The zero-order valence-corrected chi connectivity index (χ0v) is 40.1. The van der Waals surface area contributed by atoms with Crippen molar-refractivity contribution in [2.45, 2.75) is 58.4 Å². The summed E-state index contributed by atoms with van der Waals surface area (Å²) in [5.41, 5.74) is 21.3. The van der Waals surface area contributed by atoms with Crippen molar-refractivity contribution in [2.24, 2.45) is 11.5 Å². The van der Waals surface area contributed by atoms with E-state index in [4.69, 9.17) is 28.1 Å². The molecule has 2 unspecified atom stereocenters. The van der Waals surface area contributed by atoms with E-state index in [9.17, 15) is 9.59 Å². The quantitative estimate of drug-likeness (QED) is 0.120. The first-order chi connectivity index (χ1) is 32.0. The van der Waals surface area contributed by atoms with Crippen LogP contribution in [0.3, 0.4) is 0 Å². The van der Waals surface area contributed by atoms with Crippen LogP contribution in [0.4, 0.5) is 5.13 Å². The van der Waals surface area contributed by atoms with Crippen molar-refractivity contribution in [3.05, 3.63) is 193 Å². The van der Waals surface area contributed by atoms with Gasteiger partial charge in [-0.05, 0) is 113 Å². The Morgan fingerprint density at radius 1 is 0.727 bits per heavy atom. The first kappa shape index (κ1) is 47.8. The molecule has 5 N–H and O–H groups in total. The van der Waals surface area contributed by atoms with Gasteiger partial charge in [0.05, 0.1) is 11.4 Å². The van der Waals surface area contributed by atoms with Gasteiger partial charge in [-0.2, -0.15) is 10.2 Å². The number of nitrogens with zero attached hydrogens (tertiary/aromatic N) is 7. The summed E-state index contributed by atoms with van der Waals surface area (Å²) in [4.78, 5) is 35.9. The molecule has 0 fully saturated rings. The molecule has 0 aliphatic carbocycles. The van der Waals surface area contributed by atoms with E-state index in [0.29, 0.717) is 15.6 Å². The largest absolute Gasteiger partial charge is 0.366 e. The van der Waals surface area contributed by atoms with Crippen LogP contribution in [-0.4, -0.2) is 60.6 Å². The average molecular weight is 953 g/mol. The van der Waals surface area contributed by atoms with Crippen molar-refractivity contribution in [1.29, 1.82) is 0 Å². The maximum Gasteiger partial charge on any atom is 0.248 e. The molecule has 6 heterocycles. The van der Waals surface area contributed by atoms with Gasteiger partial charge >= 0.3 is 25.0 Å². The van der Waals surface area contributed by atoms with E-state index >= 15 is 0 Å². The third-order valence-corrected chi connectivity index (χ3v) is 13.8. The number of amides is 2. The Balaban J connectivity index is 0.000000157. The minimum atomic E-state index is -0.386. The number of nitrogens with two attached hydrogens (primary N) is 2. The number of carbonyl (C=O) groups excluding carboxylic acids is 2. The zero-order chi connectivity index (χ0) is 46.6. The number of benzene rings is 4. The maximum absolute atomic E-state index is 11.5. The van der Waals surface area contributed by atoms with Crippen molar-refractivity contribution in [1.82, 2.24) is 34.8 Å². The Hall–Kier alpha value is -6.17. The SMILES string of the molecule is CB=S.CC(c1cccc(-n2cccn2)c1)c1cnc(Cl)s1.CC(c1cccc(-n2cccn2)c1)c1cnc(N2CCc3ccc(C(N)=O)cc3C2)s1.NC(=O)c1ccc2c(c1)CNCC2. The van der Waals surface area contributed by atoms with E-state index in [1.807, 2.05) is 95.6 Å². The molecule has 0 saturated heterocycles. The van der Waals surface area contributed by atoms with Crippen LogP contribution in [0.15, 0.2) is 134 Å². The molecule has 10 rings (SSSR count). The molecule has 2 atom stereocenters. The smallest absolute Gasteiger partial charge is 0.248 e.